The zero-order valence-corrected chi connectivity index (χ0v) is 13.6. The number of ether oxygens (including phenoxy) is 1. The van der Waals surface area contributed by atoms with E-state index in [4.69, 9.17) is 0 Å². The number of methoxy groups -OCH3 is 1. The number of carbonyl (C=O) groups is 3. The molecule has 2 atom stereocenters. The minimum Gasteiger partial charge on any atom is -0.469 e. The van der Waals surface area contributed by atoms with Crippen LogP contribution in [0.1, 0.15) is 35.6 Å². The van der Waals surface area contributed by atoms with Gasteiger partial charge in [0.05, 0.1) is 7.11 Å². The molecule has 0 heterocycles. The fraction of sp³-hybridized carbons (Fsp3) is 0.471. The maximum atomic E-state index is 12.0. The van der Waals surface area contributed by atoms with Crippen molar-refractivity contribution in [2.75, 3.05) is 13.7 Å². The highest BCUT2D eigenvalue weighted by atomic mass is 16.5. The molecule has 2 amide bonds. The molecule has 0 aromatic heterocycles. The summed E-state index contributed by atoms with van der Waals surface area (Å²) in [5, 5.41) is 15.5. The summed E-state index contributed by atoms with van der Waals surface area (Å²) in [6.07, 6.45) is 1.55. The summed E-state index contributed by atoms with van der Waals surface area (Å²) in [4.78, 5) is 33.5. The molecule has 0 saturated heterocycles. The van der Waals surface area contributed by atoms with Crippen LogP contribution in [0.4, 0.5) is 0 Å². The normalized spacial score (nSPS) is 16.8. The molecule has 130 valence electrons. The van der Waals surface area contributed by atoms with E-state index < -0.39 is 12.0 Å². The second kappa shape index (κ2) is 8.44. The summed E-state index contributed by atoms with van der Waals surface area (Å²) < 4.78 is 4.51. The molecule has 1 aliphatic rings. The number of hydrogen-bond donors (Lipinski definition) is 3. The highest BCUT2D eigenvalue weighted by molar-refractivity contribution is 5.82. The Morgan fingerprint density at radius 2 is 2.12 bits per heavy atom. The highest BCUT2D eigenvalue weighted by Crippen LogP contribution is 2.26. The Morgan fingerprint density at radius 3 is 2.83 bits per heavy atom. The molecular weight excluding hydrogens is 312 g/mol. The first-order valence-corrected chi connectivity index (χ1v) is 7.89. The van der Waals surface area contributed by atoms with Crippen molar-refractivity contribution in [1.82, 2.24) is 10.6 Å². The number of benzene rings is 1. The summed E-state index contributed by atoms with van der Waals surface area (Å²) in [5.74, 6) is -0.831. The molecule has 0 aliphatic heterocycles. The summed E-state index contributed by atoms with van der Waals surface area (Å²) in [6.45, 7) is 0.293. The van der Waals surface area contributed by atoms with Crippen LogP contribution in [-0.2, 0) is 32.0 Å². The lowest BCUT2D eigenvalue weighted by atomic mass is 10.0. The van der Waals surface area contributed by atoms with E-state index in [1.54, 1.807) is 12.1 Å². The predicted molar refractivity (Wildman–Crippen MR) is 86.1 cm³/mol. The van der Waals surface area contributed by atoms with Crippen LogP contribution in [0.15, 0.2) is 18.2 Å². The molecule has 0 radical (unpaired) electrons. The maximum absolute atomic E-state index is 12.0. The molecule has 2 rings (SSSR count). The third kappa shape index (κ3) is 4.55. The Morgan fingerprint density at radius 1 is 1.38 bits per heavy atom. The molecule has 1 aromatic rings. The first-order valence-electron chi connectivity index (χ1n) is 7.89. The molecule has 0 bridgehead atoms. The first kappa shape index (κ1) is 17.9. The van der Waals surface area contributed by atoms with Gasteiger partial charge in [-0.15, -0.1) is 0 Å². The number of fused-ring (bicyclic) bond motifs is 1. The minimum absolute atomic E-state index is 0.0667. The molecule has 0 spiro atoms. The molecule has 3 N–H and O–H groups in total. The number of aliphatic hydroxyl groups is 1. The van der Waals surface area contributed by atoms with Gasteiger partial charge in [-0.25, -0.2) is 0 Å². The molecule has 2 unspecified atom stereocenters. The van der Waals surface area contributed by atoms with E-state index in [1.165, 1.54) is 7.11 Å². The number of carbonyl (C=O) groups excluding carboxylic acids is 3. The maximum Gasteiger partial charge on any atom is 0.305 e. The van der Waals surface area contributed by atoms with Crippen molar-refractivity contribution in [3.8, 4) is 0 Å². The van der Waals surface area contributed by atoms with Gasteiger partial charge < -0.3 is 20.5 Å². The van der Waals surface area contributed by atoms with E-state index in [0.717, 1.165) is 17.5 Å². The standard InChI is InChI=1S/C17H22N2O5/c1-24-15(21)3-2-6-18-17(23)16(22)12-5-4-11-8-14(19-10-20)9-13(11)7-12/h4-5,7,10,14,16,22H,2-3,6,8-9H2,1H3,(H,18,23)(H,19,20). The zero-order chi connectivity index (χ0) is 17.5. The predicted octanol–water partition coefficient (Wildman–Crippen LogP) is 0.00260. The van der Waals surface area contributed by atoms with Gasteiger partial charge in [0.1, 0.15) is 0 Å². The minimum atomic E-state index is -1.26. The number of aliphatic hydroxyl groups excluding tert-OH is 1. The zero-order valence-electron chi connectivity index (χ0n) is 13.6. The Kier molecular flexibility index (Phi) is 6.31. The van der Waals surface area contributed by atoms with Crippen molar-refractivity contribution >= 4 is 18.3 Å². The van der Waals surface area contributed by atoms with Crippen molar-refractivity contribution in [2.45, 2.75) is 37.8 Å². The van der Waals surface area contributed by atoms with Crippen molar-refractivity contribution < 1.29 is 24.2 Å². The Balaban J connectivity index is 1.87. The van der Waals surface area contributed by atoms with Gasteiger partial charge in [0.25, 0.3) is 5.91 Å². The lowest BCUT2D eigenvalue weighted by molar-refractivity contribution is -0.141. The molecule has 7 nitrogen and oxygen atoms in total. The quantitative estimate of drug-likeness (QED) is 0.353. The first-order chi connectivity index (χ1) is 11.5. The number of nitrogens with one attached hydrogen (secondary N) is 2. The van der Waals surface area contributed by atoms with Gasteiger partial charge in [0, 0.05) is 19.0 Å². The highest BCUT2D eigenvalue weighted by Gasteiger charge is 2.24. The largest absolute Gasteiger partial charge is 0.469 e. The summed E-state index contributed by atoms with van der Waals surface area (Å²) in [7, 11) is 1.31. The van der Waals surface area contributed by atoms with Gasteiger partial charge in [-0.3, -0.25) is 14.4 Å². The third-order valence-corrected chi connectivity index (χ3v) is 4.12. The number of hydrogen-bond acceptors (Lipinski definition) is 5. The lowest BCUT2D eigenvalue weighted by Gasteiger charge is -2.13. The van der Waals surface area contributed by atoms with Crippen LogP contribution in [0.2, 0.25) is 0 Å². The number of rotatable bonds is 8. The Hall–Kier alpha value is -2.41. The lowest BCUT2D eigenvalue weighted by Crippen LogP contribution is -2.30. The second-order valence-corrected chi connectivity index (χ2v) is 5.79. The van der Waals surface area contributed by atoms with Crippen LogP contribution >= 0.6 is 0 Å². The average Bonchev–Trinajstić information content (AvgIpc) is 2.99. The monoisotopic (exact) mass is 334 g/mol. The Labute approximate surface area is 140 Å². The van der Waals surface area contributed by atoms with E-state index >= 15 is 0 Å². The third-order valence-electron chi connectivity index (χ3n) is 4.12. The molecule has 1 aromatic carbocycles. The Bertz CT molecular complexity index is 617. The molecule has 1 aliphatic carbocycles. The van der Waals surface area contributed by atoms with Crippen LogP contribution in [0, 0.1) is 0 Å². The van der Waals surface area contributed by atoms with E-state index in [-0.39, 0.29) is 18.4 Å². The molecule has 7 heteroatoms. The molecule has 0 saturated carbocycles. The van der Waals surface area contributed by atoms with E-state index in [9.17, 15) is 19.5 Å². The SMILES string of the molecule is COC(=O)CCCNC(=O)C(O)c1ccc2c(c1)CC(NC=O)C2. The molecule has 24 heavy (non-hydrogen) atoms. The topological polar surface area (TPSA) is 105 Å². The average molecular weight is 334 g/mol. The van der Waals surface area contributed by atoms with Crippen molar-refractivity contribution in [2.24, 2.45) is 0 Å². The summed E-state index contributed by atoms with van der Waals surface area (Å²) in [5.41, 5.74) is 2.67. The van der Waals surface area contributed by atoms with Crippen LogP contribution < -0.4 is 10.6 Å². The van der Waals surface area contributed by atoms with Gasteiger partial charge in [-0.2, -0.15) is 0 Å². The fourth-order valence-corrected chi connectivity index (χ4v) is 2.82. The van der Waals surface area contributed by atoms with Gasteiger partial charge in [0.2, 0.25) is 6.41 Å². The summed E-state index contributed by atoms with van der Waals surface area (Å²) >= 11 is 0. The molecular formula is C17H22N2O5. The van der Waals surface area contributed by atoms with Gasteiger partial charge in [-0.1, -0.05) is 18.2 Å². The van der Waals surface area contributed by atoms with E-state index in [2.05, 4.69) is 15.4 Å². The van der Waals surface area contributed by atoms with Gasteiger partial charge in [-0.05, 0) is 36.0 Å². The van der Waals surface area contributed by atoms with E-state index in [0.29, 0.717) is 31.4 Å². The fourth-order valence-electron chi connectivity index (χ4n) is 2.82. The van der Waals surface area contributed by atoms with Crippen LogP contribution in [-0.4, -0.2) is 43.1 Å². The van der Waals surface area contributed by atoms with Crippen LogP contribution in [0.25, 0.3) is 0 Å². The van der Waals surface area contributed by atoms with Crippen LogP contribution in [0.3, 0.4) is 0 Å². The van der Waals surface area contributed by atoms with E-state index in [1.807, 2.05) is 6.07 Å². The summed E-state index contributed by atoms with van der Waals surface area (Å²) in [6, 6.07) is 5.48. The van der Waals surface area contributed by atoms with Gasteiger partial charge in [0.15, 0.2) is 6.10 Å². The number of amides is 2. The van der Waals surface area contributed by atoms with Crippen molar-refractivity contribution in [3.63, 3.8) is 0 Å². The number of esters is 1. The van der Waals surface area contributed by atoms with Gasteiger partial charge >= 0.3 is 5.97 Å². The molecule has 0 fully saturated rings. The second-order valence-electron chi connectivity index (χ2n) is 5.79. The van der Waals surface area contributed by atoms with Crippen molar-refractivity contribution in [1.29, 1.82) is 0 Å². The van der Waals surface area contributed by atoms with Crippen molar-refractivity contribution in [3.05, 3.63) is 34.9 Å². The smallest absolute Gasteiger partial charge is 0.305 e. The van der Waals surface area contributed by atoms with Crippen LogP contribution in [0.5, 0.6) is 0 Å².